The molecule has 1 aromatic carbocycles. The lowest BCUT2D eigenvalue weighted by atomic mass is 10.3. The second kappa shape index (κ2) is 8.61. The minimum atomic E-state index is 0.183. The fourth-order valence-electron chi connectivity index (χ4n) is 1.71. The van der Waals surface area contributed by atoms with Gasteiger partial charge in [-0.3, -0.25) is 0 Å². The Kier molecular flexibility index (Phi) is 7.40. The maximum atomic E-state index is 6.24. The first-order valence-electron chi connectivity index (χ1n) is 6.08. The molecule has 1 unspecified atom stereocenters. The predicted molar refractivity (Wildman–Crippen MR) is 102 cm³/mol. The van der Waals surface area contributed by atoms with Crippen molar-refractivity contribution >= 4 is 81.5 Å². The highest BCUT2D eigenvalue weighted by atomic mass is 35.5. The van der Waals surface area contributed by atoms with E-state index in [2.05, 4.69) is 11.2 Å². The van der Waals surface area contributed by atoms with E-state index in [1.54, 1.807) is 24.3 Å². The minimum Gasteiger partial charge on any atom is -0.336 e. The van der Waals surface area contributed by atoms with E-state index < -0.39 is 0 Å². The number of halogens is 5. The van der Waals surface area contributed by atoms with Crippen LogP contribution >= 0.6 is 81.5 Å². The summed E-state index contributed by atoms with van der Waals surface area (Å²) in [5.74, 6) is 0.799. The predicted octanol–water partition coefficient (Wildman–Crippen LogP) is 6.67. The molecule has 2 aromatic rings. The Bertz CT molecular complexity index is 619. The summed E-state index contributed by atoms with van der Waals surface area (Å²) >= 11 is 33.9. The number of rotatable bonds is 6. The Morgan fingerprint density at radius 1 is 1.05 bits per heavy atom. The van der Waals surface area contributed by atoms with E-state index in [0.717, 1.165) is 12.3 Å². The number of hydrogen-bond donors (Lipinski definition) is 0. The lowest BCUT2D eigenvalue weighted by Crippen LogP contribution is -2.14. The van der Waals surface area contributed by atoms with E-state index in [0.29, 0.717) is 20.2 Å². The molecule has 2 nitrogen and oxygen atoms in total. The first-order chi connectivity index (χ1) is 10.5. The van der Waals surface area contributed by atoms with Crippen LogP contribution < -0.4 is 0 Å². The molecule has 0 N–H and O–H groups in total. The summed E-state index contributed by atoms with van der Waals surface area (Å²) in [4.78, 5) is 4.70. The van der Waals surface area contributed by atoms with Crippen molar-refractivity contribution in [2.45, 2.75) is 16.7 Å². The van der Waals surface area contributed by atoms with Crippen molar-refractivity contribution in [1.82, 2.24) is 9.55 Å². The summed E-state index contributed by atoms with van der Waals surface area (Å²) in [7, 11) is 0. The van der Waals surface area contributed by atoms with Gasteiger partial charge in [0, 0.05) is 34.8 Å². The zero-order valence-corrected chi connectivity index (χ0v) is 16.7. The molecule has 0 saturated carbocycles. The van der Waals surface area contributed by atoms with Crippen molar-refractivity contribution in [3.05, 3.63) is 43.8 Å². The number of thioether (sulfide) groups is 2. The second-order valence-electron chi connectivity index (χ2n) is 4.33. The molecule has 2 rings (SSSR count). The highest BCUT2D eigenvalue weighted by molar-refractivity contribution is 8.03. The molecule has 0 fully saturated rings. The molecule has 0 aliphatic rings. The van der Waals surface area contributed by atoms with Gasteiger partial charge in [-0.2, -0.15) is 11.8 Å². The van der Waals surface area contributed by atoms with Gasteiger partial charge in [0.2, 0.25) is 0 Å². The quantitative estimate of drug-likeness (QED) is 0.286. The largest absolute Gasteiger partial charge is 0.336 e. The highest BCUT2D eigenvalue weighted by Crippen LogP contribution is 2.48. The molecule has 0 aliphatic heterocycles. The van der Waals surface area contributed by atoms with Gasteiger partial charge >= 0.3 is 0 Å². The Labute approximate surface area is 162 Å². The molecular weight excluding hydrogens is 426 g/mol. The summed E-state index contributed by atoms with van der Waals surface area (Å²) in [5, 5.41) is 1.69. The zero-order valence-electron chi connectivity index (χ0n) is 11.3. The summed E-state index contributed by atoms with van der Waals surface area (Å²) in [6, 6.07) is 0. The summed E-state index contributed by atoms with van der Waals surface area (Å²) in [5.41, 5.74) is 0. The third-order valence-electron chi connectivity index (χ3n) is 2.89. The Hall–Kier alpha value is 0.580. The Morgan fingerprint density at radius 3 is 2.14 bits per heavy atom. The minimum absolute atomic E-state index is 0.183. The van der Waals surface area contributed by atoms with Gasteiger partial charge in [-0.1, -0.05) is 58.0 Å². The van der Waals surface area contributed by atoms with Gasteiger partial charge in [-0.15, -0.1) is 11.8 Å². The van der Waals surface area contributed by atoms with E-state index in [4.69, 9.17) is 58.0 Å². The standard InChI is InChI=1S/C13H11Cl5N2S2/c1-21-7(4-20-3-2-19-6-20)5-22-13-11(17)9(15)8(14)10(16)12(13)18/h2-3,6-7H,4-5H2,1H3. The van der Waals surface area contributed by atoms with E-state index in [1.807, 2.05) is 10.8 Å². The number of benzene rings is 1. The first kappa shape index (κ1) is 18.9. The second-order valence-corrected chi connectivity index (χ2v) is 8.39. The molecule has 0 bridgehead atoms. The van der Waals surface area contributed by atoms with E-state index in [-0.39, 0.29) is 15.1 Å². The van der Waals surface area contributed by atoms with Gasteiger partial charge in [0.1, 0.15) is 0 Å². The Morgan fingerprint density at radius 2 is 1.64 bits per heavy atom. The topological polar surface area (TPSA) is 17.8 Å². The SMILES string of the molecule is CSC(CSc1c(Cl)c(Cl)c(Cl)c(Cl)c1Cl)Cn1ccnc1. The number of aromatic nitrogens is 2. The molecule has 0 aliphatic carbocycles. The zero-order chi connectivity index (χ0) is 16.3. The molecule has 120 valence electrons. The van der Waals surface area contributed by atoms with Gasteiger partial charge in [-0.25, -0.2) is 4.98 Å². The van der Waals surface area contributed by atoms with Crippen LogP contribution in [0.2, 0.25) is 25.1 Å². The lowest BCUT2D eigenvalue weighted by molar-refractivity contribution is 0.696. The smallest absolute Gasteiger partial charge is 0.0946 e. The van der Waals surface area contributed by atoms with Gasteiger partial charge in [0.05, 0.1) is 31.4 Å². The molecule has 9 heteroatoms. The maximum absolute atomic E-state index is 6.24. The molecule has 0 saturated heterocycles. The van der Waals surface area contributed by atoms with E-state index in [9.17, 15) is 0 Å². The van der Waals surface area contributed by atoms with Crippen molar-refractivity contribution in [3.8, 4) is 0 Å². The van der Waals surface area contributed by atoms with Crippen LogP contribution in [0.1, 0.15) is 0 Å². The normalized spacial score (nSPS) is 12.6. The van der Waals surface area contributed by atoms with Gasteiger partial charge in [-0.05, 0) is 6.26 Å². The number of imidazole rings is 1. The summed E-state index contributed by atoms with van der Waals surface area (Å²) in [6.07, 6.45) is 7.55. The van der Waals surface area contributed by atoms with E-state index in [1.165, 1.54) is 11.8 Å². The van der Waals surface area contributed by atoms with Crippen molar-refractivity contribution in [2.75, 3.05) is 12.0 Å². The molecular formula is C13H11Cl5N2S2. The van der Waals surface area contributed by atoms with Gasteiger partial charge in [0.15, 0.2) is 0 Å². The summed E-state index contributed by atoms with van der Waals surface area (Å²) in [6.45, 7) is 0.846. The molecule has 1 heterocycles. The van der Waals surface area contributed by atoms with E-state index >= 15 is 0 Å². The van der Waals surface area contributed by atoms with Crippen LogP contribution in [0.3, 0.4) is 0 Å². The van der Waals surface area contributed by atoms with Crippen molar-refractivity contribution in [1.29, 1.82) is 0 Å². The average molecular weight is 437 g/mol. The van der Waals surface area contributed by atoms with Crippen LogP contribution in [0, 0.1) is 0 Å². The third kappa shape index (κ3) is 4.35. The van der Waals surface area contributed by atoms with Crippen LogP contribution in [0.4, 0.5) is 0 Å². The van der Waals surface area contributed by atoms with Crippen LogP contribution in [-0.2, 0) is 6.54 Å². The molecule has 0 amide bonds. The maximum Gasteiger partial charge on any atom is 0.0946 e. The molecule has 0 spiro atoms. The van der Waals surface area contributed by atoms with Crippen molar-refractivity contribution in [2.24, 2.45) is 0 Å². The summed E-state index contributed by atoms with van der Waals surface area (Å²) < 4.78 is 2.03. The molecule has 1 aromatic heterocycles. The van der Waals surface area contributed by atoms with Crippen LogP contribution in [0.15, 0.2) is 23.6 Å². The van der Waals surface area contributed by atoms with Gasteiger partial charge in [0.25, 0.3) is 0 Å². The molecule has 0 radical (unpaired) electrons. The highest BCUT2D eigenvalue weighted by Gasteiger charge is 2.20. The van der Waals surface area contributed by atoms with Crippen LogP contribution in [-0.4, -0.2) is 26.8 Å². The Balaban J connectivity index is 2.13. The number of hydrogen-bond acceptors (Lipinski definition) is 3. The molecule has 22 heavy (non-hydrogen) atoms. The fraction of sp³-hybridized carbons (Fsp3) is 0.308. The van der Waals surface area contributed by atoms with Crippen molar-refractivity contribution in [3.63, 3.8) is 0 Å². The van der Waals surface area contributed by atoms with Gasteiger partial charge < -0.3 is 4.57 Å². The van der Waals surface area contributed by atoms with Crippen molar-refractivity contribution < 1.29 is 0 Å². The average Bonchev–Trinajstić information content (AvgIpc) is 3.02. The van der Waals surface area contributed by atoms with Crippen LogP contribution in [0.25, 0.3) is 0 Å². The monoisotopic (exact) mass is 434 g/mol. The van der Waals surface area contributed by atoms with Crippen LogP contribution in [0.5, 0.6) is 0 Å². The third-order valence-corrected chi connectivity index (χ3v) is 7.85. The lowest BCUT2D eigenvalue weighted by Gasteiger charge is -2.17. The fourth-order valence-corrected chi connectivity index (χ4v) is 5.28. The molecule has 1 atom stereocenters. The number of nitrogens with zero attached hydrogens (tertiary/aromatic N) is 2. The first-order valence-corrected chi connectivity index (χ1v) is 10.2.